The zero-order valence-corrected chi connectivity index (χ0v) is 12.8. The molecule has 0 aliphatic heterocycles. The van der Waals surface area contributed by atoms with Crippen molar-refractivity contribution in [2.24, 2.45) is 0 Å². The molecule has 1 nitrogen and oxygen atoms in total. The molecule has 108 valence electrons. The summed E-state index contributed by atoms with van der Waals surface area (Å²) in [4.78, 5) is 0. The SMILES string of the molecule is C=C.C=C.C=C.C=C.C=C.C=CC.C=COCC. The first-order chi connectivity index (χ1) is 8.83. The van der Waals surface area contributed by atoms with Gasteiger partial charge in [-0.05, 0) is 13.8 Å². The molecule has 0 aliphatic rings. The number of ether oxygens (including phenoxy) is 1. The third-order valence-electron chi connectivity index (χ3n) is 0.285. The van der Waals surface area contributed by atoms with Crippen LogP contribution in [0.1, 0.15) is 13.8 Å². The van der Waals surface area contributed by atoms with E-state index in [4.69, 9.17) is 0 Å². The maximum Gasteiger partial charge on any atom is 0.0844 e. The summed E-state index contributed by atoms with van der Waals surface area (Å²) >= 11 is 0. The van der Waals surface area contributed by atoms with Gasteiger partial charge in [-0.1, -0.05) is 12.7 Å². The second-order valence-corrected chi connectivity index (χ2v) is 1.03. The van der Waals surface area contributed by atoms with Crippen LogP contribution < -0.4 is 0 Å². The fourth-order valence-electron chi connectivity index (χ4n) is 0.118. The van der Waals surface area contributed by atoms with E-state index in [2.05, 4.69) is 83.7 Å². The maximum absolute atomic E-state index is 4.60. The van der Waals surface area contributed by atoms with Gasteiger partial charge in [0.15, 0.2) is 0 Å². The van der Waals surface area contributed by atoms with E-state index in [0.717, 1.165) is 6.61 Å². The molecular formula is C17H34O. The number of rotatable bonds is 2. The smallest absolute Gasteiger partial charge is 0.0844 e. The Morgan fingerprint density at radius 1 is 0.722 bits per heavy atom. The molecule has 18 heavy (non-hydrogen) atoms. The molecule has 0 N–H and O–H groups in total. The van der Waals surface area contributed by atoms with E-state index in [-0.39, 0.29) is 0 Å². The van der Waals surface area contributed by atoms with Crippen molar-refractivity contribution in [3.05, 3.63) is 91.3 Å². The van der Waals surface area contributed by atoms with Crippen LogP contribution in [-0.4, -0.2) is 6.61 Å². The first kappa shape index (κ1) is 44.5. The Balaban J connectivity index is -0.0000000166. The van der Waals surface area contributed by atoms with E-state index in [1.807, 2.05) is 13.8 Å². The Bertz CT molecular complexity index is 86.2. The van der Waals surface area contributed by atoms with Gasteiger partial charge in [0.05, 0.1) is 12.9 Å². The van der Waals surface area contributed by atoms with Crippen LogP contribution in [0.25, 0.3) is 0 Å². The van der Waals surface area contributed by atoms with Crippen LogP contribution in [0.15, 0.2) is 91.3 Å². The summed E-state index contributed by atoms with van der Waals surface area (Å²) in [7, 11) is 0. The second kappa shape index (κ2) is 747. The van der Waals surface area contributed by atoms with Crippen LogP contribution in [0.5, 0.6) is 0 Å². The molecule has 0 amide bonds. The van der Waals surface area contributed by atoms with Crippen molar-refractivity contribution in [2.45, 2.75) is 13.8 Å². The first-order valence-electron chi connectivity index (χ1n) is 5.13. The van der Waals surface area contributed by atoms with Gasteiger partial charge in [0.25, 0.3) is 0 Å². The van der Waals surface area contributed by atoms with E-state index in [1.54, 1.807) is 6.08 Å². The van der Waals surface area contributed by atoms with Gasteiger partial charge in [-0.15, -0.1) is 72.4 Å². The zero-order valence-electron chi connectivity index (χ0n) is 12.8. The molecular weight excluding hydrogens is 220 g/mol. The van der Waals surface area contributed by atoms with Crippen LogP contribution in [-0.2, 0) is 4.74 Å². The zero-order chi connectivity index (χ0) is 16.8. The van der Waals surface area contributed by atoms with Crippen LogP contribution in [0.2, 0.25) is 0 Å². The summed E-state index contributed by atoms with van der Waals surface area (Å²) in [5.74, 6) is 0. The van der Waals surface area contributed by atoms with Gasteiger partial charge in [-0.25, -0.2) is 0 Å². The van der Waals surface area contributed by atoms with Crippen molar-refractivity contribution in [1.82, 2.24) is 0 Å². The van der Waals surface area contributed by atoms with E-state index >= 15 is 0 Å². The number of allylic oxidation sites excluding steroid dienone is 1. The quantitative estimate of drug-likeness (QED) is 0.411. The topological polar surface area (TPSA) is 9.23 Å². The van der Waals surface area contributed by atoms with Gasteiger partial charge in [0.2, 0.25) is 0 Å². The minimum atomic E-state index is 0.726. The van der Waals surface area contributed by atoms with E-state index < -0.39 is 0 Å². The van der Waals surface area contributed by atoms with Gasteiger partial charge in [0, 0.05) is 0 Å². The molecule has 0 aromatic carbocycles. The summed E-state index contributed by atoms with van der Waals surface area (Å²) in [6.45, 7) is 41.2. The van der Waals surface area contributed by atoms with Crippen LogP contribution >= 0.6 is 0 Å². The predicted octanol–water partition coefficient (Wildman–Crippen LogP) is 6.37. The Morgan fingerprint density at radius 3 is 0.889 bits per heavy atom. The minimum absolute atomic E-state index is 0.726. The molecule has 0 aliphatic carbocycles. The molecule has 0 spiro atoms. The van der Waals surface area contributed by atoms with Gasteiger partial charge in [-0.3, -0.25) is 0 Å². The fourth-order valence-corrected chi connectivity index (χ4v) is 0.118. The maximum atomic E-state index is 4.60. The first-order valence-corrected chi connectivity index (χ1v) is 5.13. The highest BCUT2D eigenvalue weighted by molar-refractivity contribution is 4.51. The van der Waals surface area contributed by atoms with Gasteiger partial charge in [-0.2, -0.15) is 0 Å². The van der Waals surface area contributed by atoms with E-state index in [1.165, 1.54) is 6.26 Å². The molecule has 0 saturated heterocycles. The lowest BCUT2D eigenvalue weighted by Crippen LogP contribution is -1.72. The third-order valence-corrected chi connectivity index (χ3v) is 0.285. The summed E-state index contributed by atoms with van der Waals surface area (Å²) < 4.78 is 4.60. The largest absolute Gasteiger partial charge is 0.502 e. The van der Waals surface area contributed by atoms with Crippen LogP contribution in [0.4, 0.5) is 0 Å². The molecule has 0 radical (unpaired) electrons. The van der Waals surface area contributed by atoms with Crippen molar-refractivity contribution in [3.63, 3.8) is 0 Å². The van der Waals surface area contributed by atoms with Crippen molar-refractivity contribution in [3.8, 4) is 0 Å². The molecule has 0 aromatic heterocycles. The Hall–Kier alpha value is -2.02. The summed E-state index contributed by atoms with van der Waals surface area (Å²) in [5.41, 5.74) is 0. The highest BCUT2D eigenvalue weighted by Crippen LogP contribution is 1.65. The van der Waals surface area contributed by atoms with Crippen LogP contribution in [0.3, 0.4) is 0 Å². The van der Waals surface area contributed by atoms with Crippen molar-refractivity contribution in [2.75, 3.05) is 6.61 Å². The molecule has 0 unspecified atom stereocenters. The van der Waals surface area contributed by atoms with Crippen molar-refractivity contribution in [1.29, 1.82) is 0 Å². The minimum Gasteiger partial charge on any atom is -0.502 e. The molecule has 0 heterocycles. The normalized spacial score (nSPS) is 3.67. The molecule has 0 atom stereocenters. The molecule has 0 bridgehead atoms. The lowest BCUT2D eigenvalue weighted by Gasteiger charge is -1.84. The Kier molecular flexibility index (Phi) is 1840. The molecule has 1 heteroatoms. The summed E-state index contributed by atoms with van der Waals surface area (Å²) in [6.07, 6.45) is 3.18. The van der Waals surface area contributed by atoms with Crippen LogP contribution in [0, 0.1) is 0 Å². The summed E-state index contributed by atoms with van der Waals surface area (Å²) in [5, 5.41) is 0. The lowest BCUT2D eigenvalue weighted by atomic mass is 10.8. The van der Waals surface area contributed by atoms with Gasteiger partial charge >= 0.3 is 0 Å². The summed E-state index contributed by atoms with van der Waals surface area (Å²) in [6, 6.07) is 0. The van der Waals surface area contributed by atoms with E-state index in [9.17, 15) is 0 Å². The number of hydrogen-bond donors (Lipinski definition) is 0. The molecule has 0 fully saturated rings. The second-order valence-electron chi connectivity index (χ2n) is 1.03. The standard InChI is InChI=1S/C4H8O.C3H6.5C2H4/c1-3-5-4-2;1-3-2;5*1-2/h3H,1,4H2,2H3;3H,1H2,2H3;5*1-2H2. The Labute approximate surface area is 117 Å². The van der Waals surface area contributed by atoms with Gasteiger partial charge in [0.1, 0.15) is 0 Å². The van der Waals surface area contributed by atoms with Crippen molar-refractivity contribution < 1.29 is 4.74 Å². The predicted molar refractivity (Wildman–Crippen MR) is 94.0 cm³/mol. The monoisotopic (exact) mass is 254 g/mol. The average molecular weight is 254 g/mol. The molecule has 0 rings (SSSR count). The lowest BCUT2D eigenvalue weighted by molar-refractivity contribution is 0.270. The fraction of sp³-hybridized carbons (Fsp3) is 0.176. The average Bonchev–Trinajstić information content (AvgIpc) is 2.51. The molecule has 0 aromatic rings. The highest BCUT2D eigenvalue weighted by Gasteiger charge is 1.55. The highest BCUT2D eigenvalue weighted by atomic mass is 16.5. The van der Waals surface area contributed by atoms with Gasteiger partial charge < -0.3 is 4.74 Å². The Morgan fingerprint density at radius 2 is 0.889 bits per heavy atom. The van der Waals surface area contributed by atoms with Crippen molar-refractivity contribution >= 4 is 0 Å². The third kappa shape index (κ3) is 5890000. The number of hydrogen-bond acceptors (Lipinski definition) is 1. The molecule has 0 saturated carbocycles. The van der Waals surface area contributed by atoms with E-state index in [0.29, 0.717) is 0 Å².